The molecule has 7 heteroatoms. The van der Waals surface area contributed by atoms with Crippen LogP contribution in [0.5, 0.6) is 0 Å². The number of esters is 2. The van der Waals surface area contributed by atoms with Crippen LogP contribution in [0, 0.1) is 10.1 Å². The lowest BCUT2D eigenvalue weighted by Gasteiger charge is -2.06. The first-order chi connectivity index (χ1) is 12.5. The van der Waals surface area contributed by atoms with Gasteiger partial charge in [0.25, 0.3) is 5.69 Å². The second-order valence-electron chi connectivity index (χ2n) is 6.03. The van der Waals surface area contributed by atoms with Crippen molar-refractivity contribution >= 4 is 17.6 Å². The zero-order chi connectivity index (χ0) is 19.2. The smallest absolute Gasteiger partial charge is 0.306 e. The molecule has 1 aromatic carbocycles. The monoisotopic (exact) mass is 365 g/mol. The van der Waals surface area contributed by atoms with Gasteiger partial charge in [-0.05, 0) is 12.0 Å². The standard InChI is InChI=1S/C19H27NO6/c1-2-3-4-5-6-13-25-18(21)10-11-19(22)26-14-12-16-8-7-9-17(15-16)20(23)24/h7-9,15H,2-6,10-14H2,1H3. The number of carbonyl (C=O) groups is 2. The molecule has 0 aliphatic rings. The number of benzene rings is 1. The highest BCUT2D eigenvalue weighted by Gasteiger charge is 2.10. The third kappa shape index (κ3) is 9.76. The van der Waals surface area contributed by atoms with E-state index < -0.39 is 16.9 Å². The first kappa shape index (κ1) is 21.6. The Morgan fingerprint density at radius 2 is 1.65 bits per heavy atom. The summed E-state index contributed by atoms with van der Waals surface area (Å²) in [6, 6.07) is 6.18. The zero-order valence-corrected chi connectivity index (χ0v) is 15.3. The molecule has 0 atom stereocenters. The molecule has 1 aromatic rings. The van der Waals surface area contributed by atoms with Gasteiger partial charge in [-0.2, -0.15) is 0 Å². The second kappa shape index (κ2) is 12.9. The lowest BCUT2D eigenvalue weighted by atomic mass is 10.1. The van der Waals surface area contributed by atoms with Crippen molar-refractivity contribution in [1.29, 1.82) is 0 Å². The highest BCUT2D eigenvalue weighted by atomic mass is 16.6. The van der Waals surface area contributed by atoms with Crippen molar-refractivity contribution in [2.24, 2.45) is 0 Å². The van der Waals surface area contributed by atoms with Gasteiger partial charge < -0.3 is 9.47 Å². The van der Waals surface area contributed by atoms with Gasteiger partial charge in [0.1, 0.15) is 0 Å². The molecule has 7 nitrogen and oxygen atoms in total. The van der Waals surface area contributed by atoms with E-state index in [0.717, 1.165) is 24.8 Å². The predicted octanol–water partition coefficient (Wildman–Crippen LogP) is 3.97. The fourth-order valence-corrected chi connectivity index (χ4v) is 2.35. The number of hydrogen-bond donors (Lipinski definition) is 0. The van der Waals surface area contributed by atoms with E-state index in [1.807, 2.05) is 0 Å². The highest BCUT2D eigenvalue weighted by molar-refractivity contribution is 5.77. The summed E-state index contributed by atoms with van der Waals surface area (Å²) in [5.74, 6) is -0.869. The fourth-order valence-electron chi connectivity index (χ4n) is 2.35. The summed E-state index contributed by atoms with van der Waals surface area (Å²) in [5, 5.41) is 10.7. The average Bonchev–Trinajstić information content (AvgIpc) is 2.63. The Labute approximate surface area is 153 Å². The Bertz CT molecular complexity index is 587. The van der Waals surface area contributed by atoms with Gasteiger partial charge in [0.15, 0.2) is 0 Å². The maximum absolute atomic E-state index is 11.6. The summed E-state index contributed by atoms with van der Waals surface area (Å²) in [6.45, 7) is 2.65. The van der Waals surface area contributed by atoms with E-state index in [1.54, 1.807) is 12.1 Å². The maximum atomic E-state index is 11.6. The topological polar surface area (TPSA) is 95.7 Å². The van der Waals surface area contributed by atoms with Crippen LogP contribution in [-0.2, 0) is 25.5 Å². The van der Waals surface area contributed by atoms with Crippen molar-refractivity contribution in [2.45, 2.75) is 58.3 Å². The minimum atomic E-state index is -0.477. The number of nitro groups is 1. The van der Waals surface area contributed by atoms with Crippen LogP contribution in [0.4, 0.5) is 5.69 Å². The third-order valence-corrected chi connectivity index (χ3v) is 3.82. The van der Waals surface area contributed by atoms with Gasteiger partial charge in [0, 0.05) is 18.6 Å². The number of non-ortho nitro benzene ring substituents is 1. The third-order valence-electron chi connectivity index (χ3n) is 3.82. The zero-order valence-electron chi connectivity index (χ0n) is 15.3. The van der Waals surface area contributed by atoms with E-state index >= 15 is 0 Å². The highest BCUT2D eigenvalue weighted by Crippen LogP contribution is 2.13. The quantitative estimate of drug-likeness (QED) is 0.227. The maximum Gasteiger partial charge on any atom is 0.306 e. The molecular weight excluding hydrogens is 338 g/mol. The Hall–Kier alpha value is -2.44. The Balaban J connectivity index is 2.12. The fraction of sp³-hybridized carbons (Fsp3) is 0.579. The van der Waals surface area contributed by atoms with Crippen molar-refractivity contribution in [3.63, 3.8) is 0 Å². The molecule has 0 aromatic heterocycles. The van der Waals surface area contributed by atoms with Crippen LogP contribution in [-0.4, -0.2) is 30.1 Å². The summed E-state index contributed by atoms with van der Waals surface area (Å²) in [6.07, 6.45) is 5.76. The van der Waals surface area contributed by atoms with Crippen molar-refractivity contribution < 1.29 is 24.0 Å². The van der Waals surface area contributed by atoms with Crippen LogP contribution in [0.15, 0.2) is 24.3 Å². The molecule has 0 radical (unpaired) electrons. The summed E-state index contributed by atoms with van der Waals surface area (Å²) >= 11 is 0. The molecule has 0 spiro atoms. The molecule has 0 amide bonds. The van der Waals surface area contributed by atoms with Gasteiger partial charge in [-0.1, -0.05) is 44.7 Å². The summed E-state index contributed by atoms with van der Waals surface area (Å²) in [7, 11) is 0. The van der Waals surface area contributed by atoms with E-state index in [-0.39, 0.29) is 25.1 Å². The van der Waals surface area contributed by atoms with Crippen LogP contribution < -0.4 is 0 Å². The van der Waals surface area contributed by atoms with Crippen LogP contribution in [0.25, 0.3) is 0 Å². The molecular formula is C19H27NO6. The van der Waals surface area contributed by atoms with E-state index in [0.29, 0.717) is 13.0 Å². The number of rotatable bonds is 13. The van der Waals surface area contributed by atoms with Crippen LogP contribution in [0.1, 0.15) is 57.4 Å². The first-order valence-electron chi connectivity index (χ1n) is 9.07. The molecule has 1 rings (SSSR count). The van der Waals surface area contributed by atoms with Crippen LogP contribution in [0.3, 0.4) is 0 Å². The predicted molar refractivity (Wildman–Crippen MR) is 96.7 cm³/mol. The number of nitrogens with zero attached hydrogens (tertiary/aromatic N) is 1. The van der Waals surface area contributed by atoms with Crippen LogP contribution in [0.2, 0.25) is 0 Å². The first-order valence-corrected chi connectivity index (χ1v) is 9.07. The summed E-state index contributed by atoms with van der Waals surface area (Å²) in [5.41, 5.74) is 0.723. The summed E-state index contributed by atoms with van der Waals surface area (Å²) in [4.78, 5) is 33.4. The van der Waals surface area contributed by atoms with E-state index in [2.05, 4.69) is 6.92 Å². The van der Waals surface area contributed by atoms with Gasteiger partial charge in [-0.15, -0.1) is 0 Å². The van der Waals surface area contributed by atoms with Crippen LogP contribution >= 0.6 is 0 Å². The molecule has 26 heavy (non-hydrogen) atoms. The molecule has 0 saturated heterocycles. The molecule has 144 valence electrons. The molecule has 0 bridgehead atoms. The SMILES string of the molecule is CCCCCCCOC(=O)CCC(=O)OCCc1cccc([N+](=O)[O-])c1. The number of carbonyl (C=O) groups excluding carboxylic acids is 2. The van der Waals surface area contributed by atoms with E-state index in [4.69, 9.17) is 9.47 Å². The molecule has 0 aliphatic heterocycles. The molecule has 0 unspecified atom stereocenters. The van der Waals surface area contributed by atoms with Crippen molar-refractivity contribution in [3.8, 4) is 0 Å². The lowest BCUT2D eigenvalue weighted by Crippen LogP contribution is -2.12. The number of unbranched alkanes of at least 4 members (excludes halogenated alkanes) is 4. The Morgan fingerprint density at radius 1 is 1.00 bits per heavy atom. The lowest BCUT2D eigenvalue weighted by molar-refractivity contribution is -0.384. The average molecular weight is 365 g/mol. The van der Waals surface area contributed by atoms with E-state index in [9.17, 15) is 19.7 Å². The summed E-state index contributed by atoms with van der Waals surface area (Å²) < 4.78 is 10.1. The van der Waals surface area contributed by atoms with Gasteiger partial charge >= 0.3 is 11.9 Å². The van der Waals surface area contributed by atoms with Crippen molar-refractivity contribution in [2.75, 3.05) is 13.2 Å². The normalized spacial score (nSPS) is 10.3. The van der Waals surface area contributed by atoms with Crippen molar-refractivity contribution in [3.05, 3.63) is 39.9 Å². The van der Waals surface area contributed by atoms with Gasteiger partial charge in [0.05, 0.1) is 31.0 Å². The molecule has 0 aliphatic carbocycles. The van der Waals surface area contributed by atoms with Crippen molar-refractivity contribution in [1.82, 2.24) is 0 Å². The van der Waals surface area contributed by atoms with Gasteiger partial charge in [-0.25, -0.2) is 0 Å². The van der Waals surface area contributed by atoms with E-state index in [1.165, 1.54) is 25.0 Å². The minimum Gasteiger partial charge on any atom is -0.466 e. The molecule has 0 heterocycles. The Kier molecular flexibility index (Phi) is 10.7. The largest absolute Gasteiger partial charge is 0.466 e. The molecule has 0 fully saturated rings. The minimum absolute atomic E-state index is 0.00457. The molecule has 0 saturated carbocycles. The number of hydrogen-bond acceptors (Lipinski definition) is 6. The van der Waals surface area contributed by atoms with Gasteiger partial charge in [0.2, 0.25) is 0 Å². The second-order valence-corrected chi connectivity index (χ2v) is 6.03. The number of nitro benzene ring substituents is 1. The van der Waals surface area contributed by atoms with Gasteiger partial charge in [-0.3, -0.25) is 19.7 Å². The number of ether oxygens (including phenoxy) is 2. The molecule has 0 N–H and O–H groups in total. The Morgan fingerprint density at radius 3 is 2.31 bits per heavy atom.